The van der Waals surface area contributed by atoms with Gasteiger partial charge in [0.05, 0.1) is 12.7 Å². The van der Waals surface area contributed by atoms with Crippen LogP contribution in [-0.2, 0) is 9.63 Å². The van der Waals surface area contributed by atoms with Crippen molar-refractivity contribution in [2.45, 2.75) is 27.7 Å². The Morgan fingerprint density at radius 3 is 2.19 bits per heavy atom. The van der Waals surface area contributed by atoms with Crippen LogP contribution in [0.2, 0.25) is 0 Å². The van der Waals surface area contributed by atoms with Crippen molar-refractivity contribution in [2.24, 2.45) is 5.16 Å². The summed E-state index contributed by atoms with van der Waals surface area (Å²) in [7, 11) is 2.50. The van der Waals surface area contributed by atoms with Gasteiger partial charge in [-0.05, 0) is 49.9 Å². The quantitative estimate of drug-likeness (QED) is 0.609. The highest BCUT2D eigenvalue weighted by Crippen LogP contribution is 2.37. The number of rotatable bonds is 6. The number of halogens is 1. The molecule has 0 amide bonds. The molecule has 1 aromatic carbocycles. The summed E-state index contributed by atoms with van der Waals surface area (Å²) in [6.07, 6.45) is 1.08. The molecule has 1 aromatic heterocycles. The lowest BCUT2D eigenvalue weighted by Gasteiger charge is -2.20. The number of methoxy groups -OCH3 is 1. The largest absolute Gasteiger partial charge is 0.479 e. The molecule has 2 rings (SSSR count). The van der Waals surface area contributed by atoms with E-state index in [0.29, 0.717) is 11.1 Å². The van der Waals surface area contributed by atoms with Crippen LogP contribution in [0.3, 0.4) is 0 Å². The zero-order valence-corrected chi connectivity index (χ0v) is 15.9. The molecule has 0 aliphatic rings. The summed E-state index contributed by atoms with van der Waals surface area (Å²) >= 11 is 0. The summed E-state index contributed by atoms with van der Waals surface area (Å²) in [4.78, 5) is 23.9. The molecular weight excluding hydrogens is 357 g/mol. The Morgan fingerprint density at radius 2 is 1.63 bits per heavy atom. The van der Waals surface area contributed by atoms with E-state index in [4.69, 9.17) is 9.47 Å². The van der Waals surface area contributed by atoms with Crippen LogP contribution in [0.15, 0.2) is 11.5 Å². The van der Waals surface area contributed by atoms with Gasteiger partial charge in [0, 0.05) is 0 Å². The molecule has 0 aliphatic heterocycles. The summed E-state index contributed by atoms with van der Waals surface area (Å²) in [6, 6.07) is 0. The smallest absolute Gasteiger partial charge is 0.358 e. The summed E-state index contributed by atoms with van der Waals surface area (Å²) in [5.74, 6) is -2.77. The van der Waals surface area contributed by atoms with Crippen LogP contribution in [0.5, 0.6) is 17.5 Å². The first kappa shape index (κ1) is 20.1. The van der Waals surface area contributed by atoms with E-state index in [1.807, 2.05) is 13.8 Å². The number of carbonyl (C=O) groups is 1. The number of oxime groups is 1. The number of nitrogens with zero attached hydrogens (tertiary/aromatic N) is 3. The maximum Gasteiger partial charge on any atom is 0.358 e. The predicted molar refractivity (Wildman–Crippen MR) is 95.2 cm³/mol. The van der Waals surface area contributed by atoms with E-state index in [1.54, 1.807) is 13.8 Å². The highest BCUT2D eigenvalue weighted by Gasteiger charge is 2.27. The van der Waals surface area contributed by atoms with Gasteiger partial charge in [-0.1, -0.05) is 5.16 Å². The number of aromatic nitrogens is 2. The van der Waals surface area contributed by atoms with E-state index in [9.17, 15) is 14.3 Å². The molecule has 27 heavy (non-hydrogen) atoms. The SMILES string of the molecule is CON=C(C(=O)O)c1c(C)c(C)c(C)c(C)c1Oc1ncnc(OC)c1F. The van der Waals surface area contributed by atoms with Gasteiger partial charge < -0.3 is 19.4 Å². The second-order valence-electron chi connectivity index (χ2n) is 5.74. The van der Waals surface area contributed by atoms with Gasteiger partial charge in [-0.15, -0.1) is 0 Å². The number of aliphatic carboxylic acids is 1. The van der Waals surface area contributed by atoms with E-state index in [-0.39, 0.29) is 22.9 Å². The van der Waals surface area contributed by atoms with Crippen molar-refractivity contribution >= 4 is 11.7 Å². The lowest BCUT2D eigenvalue weighted by molar-refractivity contribution is -0.129. The van der Waals surface area contributed by atoms with Gasteiger partial charge in [0.15, 0.2) is 5.71 Å². The normalized spacial score (nSPS) is 11.3. The number of benzene rings is 1. The van der Waals surface area contributed by atoms with Gasteiger partial charge in [-0.2, -0.15) is 14.4 Å². The standard InChI is InChI=1S/C18H20FN3O5/c1-8-9(2)11(4)15(12(10(8)3)14(18(23)24)22-26-6)27-17-13(19)16(25-5)20-7-21-17/h7H,1-6H3,(H,23,24). The van der Waals surface area contributed by atoms with Crippen LogP contribution in [0, 0.1) is 33.5 Å². The minimum absolute atomic E-state index is 0.119. The van der Waals surface area contributed by atoms with Crippen LogP contribution in [0.1, 0.15) is 27.8 Å². The zero-order chi connectivity index (χ0) is 20.3. The fraction of sp³-hybridized carbons (Fsp3) is 0.333. The summed E-state index contributed by atoms with van der Waals surface area (Å²) in [5.41, 5.74) is 2.79. The third kappa shape index (κ3) is 3.67. The Hall–Kier alpha value is -3.23. The van der Waals surface area contributed by atoms with Crippen molar-refractivity contribution in [1.29, 1.82) is 0 Å². The Kier molecular flexibility index (Phi) is 5.94. The first-order valence-corrected chi connectivity index (χ1v) is 7.92. The highest BCUT2D eigenvalue weighted by atomic mass is 19.1. The van der Waals surface area contributed by atoms with Crippen molar-refractivity contribution in [3.63, 3.8) is 0 Å². The molecule has 0 fully saturated rings. The average Bonchev–Trinajstić information content (AvgIpc) is 2.64. The summed E-state index contributed by atoms with van der Waals surface area (Å²) in [5, 5.41) is 13.2. The molecule has 0 saturated carbocycles. The highest BCUT2D eigenvalue weighted by molar-refractivity contribution is 6.43. The predicted octanol–water partition coefficient (Wildman–Crippen LogP) is 3.09. The van der Waals surface area contributed by atoms with E-state index >= 15 is 0 Å². The number of hydrogen-bond acceptors (Lipinski definition) is 7. The Labute approximate surface area is 155 Å². The van der Waals surface area contributed by atoms with Crippen LogP contribution < -0.4 is 9.47 Å². The number of ether oxygens (including phenoxy) is 2. The van der Waals surface area contributed by atoms with Crippen LogP contribution in [0.25, 0.3) is 0 Å². The fourth-order valence-electron chi connectivity index (χ4n) is 2.62. The van der Waals surface area contributed by atoms with Gasteiger partial charge >= 0.3 is 5.97 Å². The average molecular weight is 377 g/mol. The third-order valence-corrected chi connectivity index (χ3v) is 4.37. The topological polar surface area (TPSA) is 103 Å². The maximum atomic E-state index is 14.5. The summed E-state index contributed by atoms with van der Waals surface area (Å²) < 4.78 is 25.0. The maximum absolute atomic E-state index is 14.5. The van der Waals surface area contributed by atoms with E-state index in [0.717, 1.165) is 17.5 Å². The Balaban J connectivity index is 2.79. The zero-order valence-electron chi connectivity index (χ0n) is 15.9. The molecule has 0 atom stereocenters. The van der Waals surface area contributed by atoms with Crippen LogP contribution >= 0.6 is 0 Å². The third-order valence-electron chi connectivity index (χ3n) is 4.37. The van der Waals surface area contributed by atoms with Gasteiger partial charge in [0.2, 0.25) is 5.82 Å². The van der Waals surface area contributed by atoms with Crippen molar-refractivity contribution in [3.05, 3.63) is 40.0 Å². The van der Waals surface area contributed by atoms with E-state index in [1.165, 1.54) is 14.2 Å². The van der Waals surface area contributed by atoms with Crippen LogP contribution in [-0.4, -0.2) is 41.0 Å². The van der Waals surface area contributed by atoms with Gasteiger partial charge in [-0.25, -0.2) is 4.79 Å². The first-order chi connectivity index (χ1) is 12.7. The second kappa shape index (κ2) is 7.98. The fourth-order valence-corrected chi connectivity index (χ4v) is 2.62. The summed E-state index contributed by atoms with van der Waals surface area (Å²) in [6.45, 7) is 7.18. The van der Waals surface area contributed by atoms with Gasteiger partial charge in [-0.3, -0.25) is 0 Å². The van der Waals surface area contributed by atoms with Crippen molar-refractivity contribution in [2.75, 3.05) is 14.2 Å². The van der Waals surface area contributed by atoms with Gasteiger partial charge in [0.25, 0.3) is 11.8 Å². The molecule has 0 bridgehead atoms. The minimum atomic E-state index is -1.31. The lowest BCUT2D eigenvalue weighted by Crippen LogP contribution is -2.19. The van der Waals surface area contributed by atoms with Crippen molar-refractivity contribution < 1.29 is 28.6 Å². The number of carboxylic acid groups (broad SMARTS) is 1. The Morgan fingerprint density at radius 1 is 1.04 bits per heavy atom. The van der Waals surface area contributed by atoms with Crippen molar-refractivity contribution in [1.82, 2.24) is 9.97 Å². The number of hydrogen-bond donors (Lipinski definition) is 1. The first-order valence-electron chi connectivity index (χ1n) is 7.92. The van der Waals surface area contributed by atoms with E-state index in [2.05, 4.69) is 20.0 Å². The molecule has 1 heterocycles. The molecule has 8 nitrogen and oxygen atoms in total. The molecule has 144 valence electrons. The molecule has 0 aliphatic carbocycles. The molecule has 9 heteroatoms. The van der Waals surface area contributed by atoms with Crippen LogP contribution in [0.4, 0.5) is 4.39 Å². The molecule has 0 spiro atoms. The lowest BCUT2D eigenvalue weighted by atomic mass is 9.91. The molecular formula is C18H20FN3O5. The van der Waals surface area contributed by atoms with E-state index < -0.39 is 17.7 Å². The van der Waals surface area contributed by atoms with Gasteiger partial charge in [0.1, 0.15) is 19.2 Å². The molecule has 0 saturated heterocycles. The Bertz CT molecular complexity index is 928. The molecule has 0 unspecified atom stereocenters. The molecule has 0 radical (unpaired) electrons. The number of carboxylic acids is 1. The van der Waals surface area contributed by atoms with Crippen molar-refractivity contribution in [3.8, 4) is 17.5 Å². The molecule has 1 N–H and O–H groups in total. The minimum Gasteiger partial charge on any atom is -0.479 e. The molecule has 2 aromatic rings. The monoisotopic (exact) mass is 377 g/mol. The second-order valence-corrected chi connectivity index (χ2v) is 5.74.